The summed E-state index contributed by atoms with van der Waals surface area (Å²) in [6, 6.07) is 17.6. The normalized spacial score (nSPS) is 12.8. The van der Waals surface area contributed by atoms with Gasteiger partial charge in [-0.05, 0) is 73.3 Å². The number of carbonyl (C=O) groups excluding carboxylic acids is 1. The largest absolute Gasteiger partial charge is 0.425 e. The van der Waals surface area contributed by atoms with Crippen molar-refractivity contribution in [2.75, 3.05) is 27.2 Å². The maximum atomic E-state index is 12.4. The molecule has 164 valence electrons. The Labute approximate surface area is 182 Å². The molecule has 1 atom stereocenters. The van der Waals surface area contributed by atoms with E-state index in [4.69, 9.17) is 4.74 Å². The lowest BCUT2D eigenvalue weighted by atomic mass is 9.86. The number of hydrogen-bond donors (Lipinski definition) is 0. The number of aryl methyl sites for hydroxylation is 1. The van der Waals surface area contributed by atoms with E-state index in [1.54, 1.807) is 0 Å². The Hall–Kier alpha value is -2.17. The van der Waals surface area contributed by atoms with Crippen LogP contribution in [0, 0.1) is 6.92 Å². The summed E-state index contributed by atoms with van der Waals surface area (Å²) in [6.07, 6.45) is 0.960. The third-order valence-corrected chi connectivity index (χ3v) is 5.41. The molecule has 0 aliphatic heterocycles. The molecule has 1 unspecified atom stereocenters. The number of carbonyl (C=O) groups is 1. The van der Waals surface area contributed by atoms with Crippen LogP contribution >= 0.6 is 0 Å². The highest BCUT2D eigenvalue weighted by molar-refractivity contribution is 5.75. The van der Waals surface area contributed by atoms with Crippen LogP contribution in [0.3, 0.4) is 0 Å². The Kier molecular flexibility index (Phi) is 9.07. The van der Waals surface area contributed by atoms with Crippen molar-refractivity contribution >= 4 is 5.97 Å². The number of ether oxygens (including phenoxy) is 1. The van der Waals surface area contributed by atoms with Crippen molar-refractivity contribution in [1.82, 2.24) is 9.80 Å². The molecule has 0 spiro atoms. The minimum absolute atomic E-state index is 0.160. The average Bonchev–Trinajstić information content (AvgIpc) is 2.66. The van der Waals surface area contributed by atoms with Crippen molar-refractivity contribution in [2.45, 2.75) is 59.0 Å². The van der Waals surface area contributed by atoms with Gasteiger partial charge in [-0.2, -0.15) is 0 Å². The molecule has 2 rings (SSSR count). The number of likely N-dealkylation sites (N-methyl/N-ethyl adjacent to an activating group) is 1. The van der Waals surface area contributed by atoms with Crippen LogP contribution in [-0.4, -0.2) is 55.0 Å². The summed E-state index contributed by atoms with van der Waals surface area (Å²) in [7, 11) is 3.74. The molecule has 0 aromatic heterocycles. The first-order chi connectivity index (χ1) is 14.2. The summed E-state index contributed by atoms with van der Waals surface area (Å²) in [6.45, 7) is 12.3. The first kappa shape index (κ1) is 24.1. The molecule has 2 aromatic carbocycles. The monoisotopic (exact) mass is 410 g/mol. The summed E-state index contributed by atoms with van der Waals surface area (Å²) >= 11 is 0. The Bertz CT molecular complexity index is 792. The second-order valence-corrected chi connectivity index (χ2v) is 8.93. The summed E-state index contributed by atoms with van der Waals surface area (Å²) in [5, 5.41) is 0. The number of rotatable bonds is 10. The minimum Gasteiger partial charge on any atom is -0.425 e. The van der Waals surface area contributed by atoms with Crippen LogP contribution in [0.25, 0.3) is 0 Å². The summed E-state index contributed by atoms with van der Waals surface area (Å²) in [5.41, 5.74) is 3.50. The van der Waals surface area contributed by atoms with Crippen molar-refractivity contribution in [1.29, 1.82) is 0 Å². The summed E-state index contributed by atoms with van der Waals surface area (Å²) < 4.78 is 5.82. The SMILES string of the molecule is Cc1ccc(OC(=O)CN(C)C)c(C(CCN(C(C)C)C(C)C)c2ccccc2)c1. The molecule has 0 aliphatic rings. The quantitative estimate of drug-likeness (QED) is 0.403. The fraction of sp³-hybridized carbons (Fsp3) is 0.500. The van der Waals surface area contributed by atoms with Crippen LogP contribution in [0.15, 0.2) is 48.5 Å². The fourth-order valence-electron chi connectivity index (χ4n) is 4.02. The molecule has 0 aliphatic carbocycles. The number of nitrogens with zero attached hydrogens (tertiary/aromatic N) is 2. The molecule has 30 heavy (non-hydrogen) atoms. The predicted octanol–water partition coefficient (Wildman–Crippen LogP) is 5.10. The molecule has 4 heteroatoms. The van der Waals surface area contributed by atoms with Gasteiger partial charge in [-0.15, -0.1) is 0 Å². The maximum absolute atomic E-state index is 12.4. The van der Waals surface area contributed by atoms with Gasteiger partial charge in [-0.1, -0.05) is 48.0 Å². The molecule has 0 heterocycles. The molecule has 0 fully saturated rings. The Morgan fingerprint density at radius 2 is 1.60 bits per heavy atom. The van der Waals surface area contributed by atoms with Crippen molar-refractivity contribution in [3.05, 3.63) is 65.2 Å². The van der Waals surface area contributed by atoms with Gasteiger partial charge in [0.25, 0.3) is 0 Å². The predicted molar refractivity (Wildman–Crippen MR) is 125 cm³/mol. The molecule has 0 amide bonds. The lowest BCUT2D eigenvalue weighted by Crippen LogP contribution is -2.38. The molecule has 2 aromatic rings. The molecular formula is C26H38N2O2. The van der Waals surface area contributed by atoms with Gasteiger partial charge in [0.1, 0.15) is 5.75 Å². The van der Waals surface area contributed by atoms with Crippen LogP contribution in [0.4, 0.5) is 0 Å². The Balaban J connectivity index is 2.40. The highest BCUT2D eigenvalue weighted by Gasteiger charge is 2.23. The van der Waals surface area contributed by atoms with E-state index in [-0.39, 0.29) is 18.4 Å². The highest BCUT2D eigenvalue weighted by atomic mass is 16.5. The average molecular weight is 411 g/mol. The zero-order valence-corrected chi connectivity index (χ0v) is 19.7. The van der Waals surface area contributed by atoms with E-state index in [9.17, 15) is 4.79 Å². The Morgan fingerprint density at radius 1 is 0.967 bits per heavy atom. The van der Waals surface area contributed by atoms with Gasteiger partial charge in [0.2, 0.25) is 0 Å². The van der Waals surface area contributed by atoms with E-state index >= 15 is 0 Å². The van der Waals surface area contributed by atoms with Gasteiger partial charge in [0, 0.05) is 23.6 Å². The maximum Gasteiger partial charge on any atom is 0.325 e. The van der Waals surface area contributed by atoms with Gasteiger partial charge in [-0.25, -0.2) is 0 Å². The van der Waals surface area contributed by atoms with Crippen LogP contribution in [0.2, 0.25) is 0 Å². The zero-order chi connectivity index (χ0) is 22.3. The van der Waals surface area contributed by atoms with Crippen LogP contribution in [-0.2, 0) is 4.79 Å². The van der Waals surface area contributed by atoms with Crippen molar-refractivity contribution in [2.24, 2.45) is 0 Å². The first-order valence-electron chi connectivity index (χ1n) is 11.0. The Morgan fingerprint density at radius 3 is 2.17 bits per heavy atom. The van der Waals surface area contributed by atoms with Gasteiger partial charge >= 0.3 is 5.97 Å². The second-order valence-electron chi connectivity index (χ2n) is 8.93. The van der Waals surface area contributed by atoms with E-state index in [0.717, 1.165) is 18.5 Å². The first-order valence-corrected chi connectivity index (χ1v) is 11.0. The van der Waals surface area contributed by atoms with E-state index in [1.807, 2.05) is 37.2 Å². The van der Waals surface area contributed by atoms with E-state index in [1.165, 1.54) is 11.1 Å². The second kappa shape index (κ2) is 11.3. The van der Waals surface area contributed by atoms with Gasteiger partial charge < -0.3 is 4.74 Å². The molecule has 0 radical (unpaired) electrons. The molecule has 0 N–H and O–H groups in total. The standard InChI is InChI=1S/C26H38N2O2/c1-19(2)28(20(3)4)16-15-23(22-11-9-8-10-12-22)24-17-21(5)13-14-25(24)30-26(29)18-27(6)7/h8-14,17,19-20,23H,15-16,18H2,1-7H3. The molecule has 0 saturated carbocycles. The lowest BCUT2D eigenvalue weighted by molar-refractivity contribution is -0.135. The topological polar surface area (TPSA) is 32.8 Å². The minimum atomic E-state index is -0.233. The van der Waals surface area contributed by atoms with Crippen LogP contribution in [0.5, 0.6) is 5.75 Å². The number of benzene rings is 2. The van der Waals surface area contributed by atoms with Crippen LogP contribution < -0.4 is 4.74 Å². The van der Waals surface area contributed by atoms with E-state index in [0.29, 0.717) is 17.8 Å². The number of hydrogen-bond acceptors (Lipinski definition) is 4. The van der Waals surface area contributed by atoms with E-state index in [2.05, 4.69) is 69.9 Å². The van der Waals surface area contributed by atoms with Crippen molar-refractivity contribution < 1.29 is 9.53 Å². The fourth-order valence-corrected chi connectivity index (χ4v) is 4.02. The smallest absolute Gasteiger partial charge is 0.325 e. The highest BCUT2D eigenvalue weighted by Crippen LogP contribution is 2.36. The molecule has 4 nitrogen and oxygen atoms in total. The van der Waals surface area contributed by atoms with Gasteiger partial charge in [0.05, 0.1) is 6.54 Å². The molecule has 0 bridgehead atoms. The summed E-state index contributed by atoms with van der Waals surface area (Å²) in [5.74, 6) is 0.595. The number of esters is 1. The molecule has 0 saturated heterocycles. The van der Waals surface area contributed by atoms with Crippen molar-refractivity contribution in [3.8, 4) is 5.75 Å². The summed E-state index contributed by atoms with van der Waals surface area (Å²) in [4.78, 5) is 16.7. The third-order valence-electron chi connectivity index (χ3n) is 5.41. The molecular weight excluding hydrogens is 372 g/mol. The lowest BCUT2D eigenvalue weighted by Gasteiger charge is -2.32. The van der Waals surface area contributed by atoms with Gasteiger partial charge in [-0.3, -0.25) is 14.6 Å². The third kappa shape index (κ3) is 6.96. The van der Waals surface area contributed by atoms with Crippen molar-refractivity contribution in [3.63, 3.8) is 0 Å². The van der Waals surface area contributed by atoms with Gasteiger partial charge in [0.15, 0.2) is 0 Å². The van der Waals surface area contributed by atoms with E-state index < -0.39 is 0 Å². The van der Waals surface area contributed by atoms with Crippen LogP contribution in [0.1, 0.15) is 56.7 Å². The zero-order valence-electron chi connectivity index (χ0n) is 19.7.